The van der Waals surface area contributed by atoms with Gasteiger partial charge in [-0.25, -0.2) is 0 Å². The Balaban J connectivity index is 1.77. The van der Waals surface area contributed by atoms with E-state index in [9.17, 15) is 9.90 Å². The van der Waals surface area contributed by atoms with Gasteiger partial charge in [0.15, 0.2) is 0 Å². The van der Waals surface area contributed by atoms with Gasteiger partial charge >= 0.3 is 0 Å². The van der Waals surface area contributed by atoms with Crippen LogP contribution in [0.2, 0.25) is 0 Å². The summed E-state index contributed by atoms with van der Waals surface area (Å²) in [5, 5.41) is 17.4. The molecule has 0 bridgehead atoms. The highest BCUT2D eigenvalue weighted by Gasteiger charge is 2.39. The van der Waals surface area contributed by atoms with Crippen molar-refractivity contribution in [1.82, 2.24) is 15.1 Å². The second kappa shape index (κ2) is 5.93. The van der Waals surface area contributed by atoms with Crippen LogP contribution in [0, 0.1) is 13.8 Å². The molecule has 0 spiro atoms. The molecule has 1 saturated heterocycles. The van der Waals surface area contributed by atoms with Gasteiger partial charge in [0.1, 0.15) is 5.60 Å². The predicted molar refractivity (Wildman–Crippen MR) is 74.3 cm³/mol. The van der Waals surface area contributed by atoms with Crippen molar-refractivity contribution in [3.05, 3.63) is 17.5 Å². The van der Waals surface area contributed by atoms with E-state index < -0.39 is 5.60 Å². The number of nitrogens with zero attached hydrogens (tertiary/aromatic N) is 2. The van der Waals surface area contributed by atoms with Crippen LogP contribution in [0.5, 0.6) is 0 Å². The third kappa shape index (κ3) is 3.37. The standard InChI is InChI=1S/C14H23N3O3/c1-10-8-11(2)17(16-10)6-4-13(18)15-9-14(19)5-7-20-12(14)3/h8,12,19H,4-7,9H2,1-3H3,(H,15,18). The highest BCUT2D eigenvalue weighted by Crippen LogP contribution is 2.24. The lowest BCUT2D eigenvalue weighted by Crippen LogP contribution is -2.47. The summed E-state index contributed by atoms with van der Waals surface area (Å²) in [5.74, 6) is -0.0786. The van der Waals surface area contributed by atoms with Crippen LogP contribution in [0.3, 0.4) is 0 Å². The van der Waals surface area contributed by atoms with E-state index in [1.54, 1.807) is 0 Å². The molecule has 2 atom stereocenters. The Bertz CT molecular complexity index is 486. The number of carbonyl (C=O) groups is 1. The number of aryl methyl sites for hydroxylation is 3. The summed E-state index contributed by atoms with van der Waals surface area (Å²) in [5.41, 5.74) is 1.06. The van der Waals surface area contributed by atoms with E-state index in [4.69, 9.17) is 4.74 Å². The van der Waals surface area contributed by atoms with Gasteiger partial charge in [-0.05, 0) is 26.8 Å². The van der Waals surface area contributed by atoms with Crippen LogP contribution in [0.1, 0.15) is 31.2 Å². The summed E-state index contributed by atoms with van der Waals surface area (Å²) in [6.45, 7) is 7.06. The average Bonchev–Trinajstić information content (AvgIpc) is 2.88. The SMILES string of the molecule is Cc1cc(C)n(CCC(=O)NCC2(O)CCOC2C)n1. The van der Waals surface area contributed by atoms with Gasteiger partial charge in [0.05, 0.1) is 11.8 Å². The maximum atomic E-state index is 11.8. The maximum Gasteiger partial charge on any atom is 0.221 e. The molecule has 0 aliphatic carbocycles. The predicted octanol–water partition coefficient (Wildman–Crippen LogP) is 0.546. The number of ether oxygens (including phenoxy) is 1. The van der Waals surface area contributed by atoms with Crippen LogP contribution in [-0.4, -0.2) is 45.7 Å². The lowest BCUT2D eigenvalue weighted by molar-refractivity contribution is -0.123. The monoisotopic (exact) mass is 281 g/mol. The average molecular weight is 281 g/mol. The molecule has 1 aromatic heterocycles. The first-order valence-corrected chi connectivity index (χ1v) is 7.02. The Kier molecular flexibility index (Phi) is 4.45. The molecule has 0 aromatic carbocycles. The van der Waals surface area contributed by atoms with Crippen molar-refractivity contribution >= 4 is 5.91 Å². The van der Waals surface area contributed by atoms with Crippen LogP contribution in [0.4, 0.5) is 0 Å². The van der Waals surface area contributed by atoms with E-state index in [1.165, 1.54) is 0 Å². The molecular weight excluding hydrogens is 258 g/mol. The van der Waals surface area contributed by atoms with Gasteiger partial charge in [0.25, 0.3) is 0 Å². The topological polar surface area (TPSA) is 76.4 Å². The molecule has 2 N–H and O–H groups in total. The third-order valence-corrected chi connectivity index (χ3v) is 3.91. The molecule has 112 valence electrons. The Morgan fingerprint density at radius 3 is 2.95 bits per heavy atom. The van der Waals surface area contributed by atoms with Gasteiger partial charge in [-0.3, -0.25) is 9.48 Å². The summed E-state index contributed by atoms with van der Waals surface area (Å²) in [4.78, 5) is 11.8. The fourth-order valence-electron chi connectivity index (χ4n) is 2.45. The van der Waals surface area contributed by atoms with Crippen LogP contribution >= 0.6 is 0 Å². The Morgan fingerprint density at radius 1 is 1.65 bits per heavy atom. The van der Waals surface area contributed by atoms with E-state index in [2.05, 4.69) is 10.4 Å². The van der Waals surface area contributed by atoms with Crippen molar-refractivity contribution in [2.45, 2.75) is 51.9 Å². The number of amides is 1. The van der Waals surface area contributed by atoms with E-state index >= 15 is 0 Å². The summed E-state index contributed by atoms with van der Waals surface area (Å²) in [6.07, 6.45) is 0.679. The molecule has 1 aliphatic heterocycles. The minimum atomic E-state index is -0.937. The Labute approximate surface area is 119 Å². The molecule has 0 radical (unpaired) electrons. The molecule has 1 amide bonds. The molecule has 6 nitrogen and oxygen atoms in total. The minimum absolute atomic E-state index is 0.0786. The van der Waals surface area contributed by atoms with E-state index in [-0.39, 0.29) is 18.6 Å². The maximum absolute atomic E-state index is 11.8. The highest BCUT2D eigenvalue weighted by molar-refractivity contribution is 5.75. The fourth-order valence-corrected chi connectivity index (χ4v) is 2.45. The van der Waals surface area contributed by atoms with Crippen molar-refractivity contribution in [3.8, 4) is 0 Å². The molecule has 0 saturated carbocycles. The van der Waals surface area contributed by atoms with Crippen molar-refractivity contribution in [1.29, 1.82) is 0 Å². The molecule has 20 heavy (non-hydrogen) atoms. The van der Waals surface area contributed by atoms with Crippen molar-refractivity contribution in [2.75, 3.05) is 13.2 Å². The summed E-state index contributed by atoms with van der Waals surface area (Å²) in [7, 11) is 0. The molecule has 1 aliphatic rings. The summed E-state index contributed by atoms with van der Waals surface area (Å²) >= 11 is 0. The zero-order valence-electron chi connectivity index (χ0n) is 12.3. The quantitative estimate of drug-likeness (QED) is 0.826. The highest BCUT2D eigenvalue weighted by atomic mass is 16.5. The van der Waals surface area contributed by atoms with Gasteiger partial charge < -0.3 is 15.2 Å². The lowest BCUT2D eigenvalue weighted by Gasteiger charge is -2.26. The molecule has 1 fully saturated rings. The van der Waals surface area contributed by atoms with Gasteiger partial charge in [-0.1, -0.05) is 0 Å². The van der Waals surface area contributed by atoms with E-state index in [1.807, 2.05) is 31.5 Å². The number of nitrogens with one attached hydrogen (secondary N) is 1. The largest absolute Gasteiger partial charge is 0.385 e. The van der Waals surface area contributed by atoms with Gasteiger partial charge in [-0.2, -0.15) is 5.10 Å². The zero-order chi connectivity index (χ0) is 14.8. The number of aromatic nitrogens is 2. The number of rotatable bonds is 5. The Hall–Kier alpha value is -1.40. The molecule has 2 rings (SSSR count). The molecule has 2 heterocycles. The van der Waals surface area contributed by atoms with Crippen LogP contribution in [0.25, 0.3) is 0 Å². The van der Waals surface area contributed by atoms with E-state index in [0.717, 1.165) is 11.4 Å². The number of aliphatic hydroxyl groups is 1. The molecule has 1 aromatic rings. The van der Waals surface area contributed by atoms with Crippen molar-refractivity contribution in [3.63, 3.8) is 0 Å². The van der Waals surface area contributed by atoms with Crippen LogP contribution in [0.15, 0.2) is 6.07 Å². The van der Waals surface area contributed by atoms with Gasteiger partial charge in [0.2, 0.25) is 5.91 Å². The van der Waals surface area contributed by atoms with Crippen LogP contribution < -0.4 is 5.32 Å². The fraction of sp³-hybridized carbons (Fsp3) is 0.714. The zero-order valence-corrected chi connectivity index (χ0v) is 12.3. The smallest absolute Gasteiger partial charge is 0.221 e. The Morgan fingerprint density at radius 2 is 2.40 bits per heavy atom. The normalized spacial score (nSPS) is 25.9. The van der Waals surface area contributed by atoms with Crippen molar-refractivity contribution < 1.29 is 14.6 Å². The van der Waals surface area contributed by atoms with Crippen LogP contribution in [-0.2, 0) is 16.1 Å². The van der Waals surface area contributed by atoms with Crippen molar-refractivity contribution in [2.24, 2.45) is 0 Å². The summed E-state index contributed by atoms with van der Waals surface area (Å²) in [6, 6.07) is 1.98. The summed E-state index contributed by atoms with van der Waals surface area (Å²) < 4.78 is 7.16. The first-order valence-electron chi connectivity index (χ1n) is 7.02. The second-order valence-corrected chi connectivity index (χ2v) is 5.54. The number of carbonyl (C=O) groups excluding carboxylic acids is 1. The van der Waals surface area contributed by atoms with E-state index in [0.29, 0.717) is 26.0 Å². The first-order chi connectivity index (χ1) is 9.40. The number of hydrogen-bond acceptors (Lipinski definition) is 4. The first kappa shape index (κ1) is 15.0. The number of hydrogen-bond donors (Lipinski definition) is 2. The van der Waals surface area contributed by atoms with Gasteiger partial charge in [0, 0.05) is 38.2 Å². The molecule has 6 heteroatoms. The van der Waals surface area contributed by atoms with Gasteiger partial charge in [-0.15, -0.1) is 0 Å². The molecular formula is C14H23N3O3. The lowest BCUT2D eigenvalue weighted by atomic mass is 9.97. The molecule has 2 unspecified atom stereocenters. The third-order valence-electron chi connectivity index (χ3n) is 3.91. The second-order valence-electron chi connectivity index (χ2n) is 5.54. The minimum Gasteiger partial charge on any atom is -0.385 e.